The van der Waals surface area contributed by atoms with E-state index in [9.17, 15) is 9.59 Å². The third kappa shape index (κ3) is 3.11. The molecule has 4 heteroatoms. The van der Waals surface area contributed by atoms with Gasteiger partial charge in [0.1, 0.15) is 0 Å². The van der Waals surface area contributed by atoms with Crippen LogP contribution >= 0.6 is 0 Å². The Labute approximate surface area is 123 Å². The summed E-state index contributed by atoms with van der Waals surface area (Å²) in [5, 5.41) is 1.89. The molecule has 1 atom stereocenters. The predicted octanol–water partition coefficient (Wildman–Crippen LogP) is 3.17. The van der Waals surface area contributed by atoms with Crippen LogP contribution in [0.15, 0.2) is 54.6 Å². The summed E-state index contributed by atoms with van der Waals surface area (Å²) in [6, 6.07) is 13.3. The molecule has 0 heterocycles. The molecule has 21 heavy (non-hydrogen) atoms. The van der Waals surface area contributed by atoms with Crippen LogP contribution in [0, 0.1) is 0 Å². The number of methoxy groups -OCH3 is 1. The fraction of sp³-hybridized carbons (Fsp3) is 0.176. The van der Waals surface area contributed by atoms with Crippen molar-refractivity contribution in [2.45, 2.75) is 13.0 Å². The molecule has 1 unspecified atom stereocenters. The molecular formula is C17H16O4. The molecule has 108 valence electrons. The van der Waals surface area contributed by atoms with Crippen molar-refractivity contribution in [2.75, 3.05) is 7.11 Å². The monoisotopic (exact) mass is 284 g/mol. The second-order valence-corrected chi connectivity index (χ2v) is 4.57. The number of esters is 2. The van der Waals surface area contributed by atoms with E-state index in [2.05, 4.69) is 11.3 Å². The highest BCUT2D eigenvalue weighted by molar-refractivity contribution is 5.92. The zero-order chi connectivity index (χ0) is 15.4. The number of benzene rings is 2. The van der Waals surface area contributed by atoms with Crippen molar-refractivity contribution < 1.29 is 19.1 Å². The van der Waals surface area contributed by atoms with Crippen LogP contribution in [0.2, 0.25) is 0 Å². The Hall–Kier alpha value is -2.62. The van der Waals surface area contributed by atoms with E-state index in [0.717, 1.165) is 10.8 Å². The Morgan fingerprint density at radius 3 is 2.43 bits per heavy atom. The molecule has 0 aliphatic carbocycles. The Morgan fingerprint density at radius 1 is 1.10 bits per heavy atom. The van der Waals surface area contributed by atoms with E-state index in [0.29, 0.717) is 5.56 Å². The van der Waals surface area contributed by atoms with Crippen LogP contribution in [-0.2, 0) is 19.1 Å². The van der Waals surface area contributed by atoms with Crippen LogP contribution in [0.3, 0.4) is 0 Å². The van der Waals surface area contributed by atoms with Gasteiger partial charge in [0.15, 0.2) is 6.10 Å². The third-order valence-corrected chi connectivity index (χ3v) is 3.15. The number of hydrogen-bond acceptors (Lipinski definition) is 4. The lowest BCUT2D eigenvalue weighted by Crippen LogP contribution is -2.17. The van der Waals surface area contributed by atoms with E-state index in [1.165, 1.54) is 14.0 Å². The Balaban J connectivity index is 2.56. The van der Waals surface area contributed by atoms with Crippen LogP contribution in [-0.4, -0.2) is 19.0 Å². The van der Waals surface area contributed by atoms with Crippen molar-refractivity contribution in [3.63, 3.8) is 0 Å². The average Bonchev–Trinajstić information content (AvgIpc) is 2.50. The molecule has 0 aliphatic heterocycles. The van der Waals surface area contributed by atoms with Gasteiger partial charge in [-0.15, -0.1) is 0 Å². The summed E-state index contributed by atoms with van der Waals surface area (Å²) in [5.41, 5.74) is 0.794. The zero-order valence-corrected chi connectivity index (χ0v) is 12.0. The fourth-order valence-corrected chi connectivity index (χ4v) is 2.21. The minimum absolute atomic E-state index is 0.0871. The highest BCUT2D eigenvalue weighted by atomic mass is 16.6. The van der Waals surface area contributed by atoms with Gasteiger partial charge in [0.05, 0.1) is 12.7 Å². The van der Waals surface area contributed by atoms with Gasteiger partial charge in [0.25, 0.3) is 0 Å². The van der Waals surface area contributed by atoms with Gasteiger partial charge in [-0.1, -0.05) is 49.0 Å². The molecule has 4 nitrogen and oxygen atoms in total. The molecule has 0 radical (unpaired) electrons. The van der Waals surface area contributed by atoms with Crippen molar-refractivity contribution in [3.05, 3.63) is 60.2 Å². The first kappa shape index (κ1) is 14.8. The number of carbonyl (C=O) groups is 2. The van der Waals surface area contributed by atoms with Gasteiger partial charge in [-0.2, -0.15) is 0 Å². The van der Waals surface area contributed by atoms with E-state index < -0.39 is 18.0 Å². The van der Waals surface area contributed by atoms with Crippen molar-refractivity contribution in [1.29, 1.82) is 0 Å². The third-order valence-electron chi connectivity index (χ3n) is 3.15. The summed E-state index contributed by atoms with van der Waals surface area (Å²) in [5.74, 6) is -1.09. The molecule has 2 rings (SSSR count). The maximum absolute atomic E-state index is 11.7. The summed E-state index contributed by atoms with van der Waals surface area (Å²) >= 11 is 0. The zero-order valence-electron chi connectivity index (χ0n) is 12.0. The van der Waals surface area contributed by atoms with Gasteiger partial charge in [-0.25, -0.2) is 4.79 Å². The molecule has 0 saturated carbocycles. The fourth-order valence-electron chi connectivity index (χ4n) is 2.21. The smallest absolute Gasteiger partial charge is 0.337 e. The van der Waals surface area contributed by atoms with E-state index >= 15 is 0 Å². The molecule has 0 N–H and O–H groups in total. The second-order valence-electron chi connectivity index (χ2n) is 4.57. The minimum atomic E-state index is -0.860. The largest absolute Gasteiger partial charge is 0.466 e. The first-order valence-electron chi connectivity index (χ1n) is 6.46. The molecule has 0 aromatic heterocycles. The van der Waals surface area contributed by atoms with E-state index in [4.69, 9.17) is 4.74 Å². The summed E-state index contributed by atoms with van der Waals surface area (Å²) in [7, 11) is 1.27. The maximum Gasteiger partial charge on any atom is 0.337 e. The normalized spacial score (nSPS) is 11.7. The Morgan fingerprint density at radius 2 is 1.76 bits per heavy atom. The average molecular weight is 284 g/mol. The van der Waals surface area contributed by atoms with Crippen LogP contribution in [0.5, 0.6) is 0 Å². The van der Waals surface area contributed by atoms with E-state index in [1.807, 2.05) is 42.5 Å². The summed E-state index contributed by atoms with van der Waals surface area (Å²) in [6.07, 6.45) is -0.860. The molecule has 0 amide bonds. The van der Waals surface area contributed by atoms with Crippen LogP contribution in [0.4, 0.5) is 0 Å². The second kappa shape index (κ2) is 6.22. The lowest BCUT2D eigenvalue weighted by atomic mass is 9.96. The number of fused-ring (bicyclic) bond motifs is 1. The molecule has 0 aliphatic rings. The molecule has 2 aromatic carbocycles. The van der Waals surface area contributed by atoms with Gasteiger partial charge < -0.3 is 9.47 Å². The van der Waals surface area contributed by atoms with Gasteiger partial charge in [-0.3, -0.25) is 4.79 Å². The van der Waals surface area contributed by atoms with E-state index in [1.54, 1.807) is 0 Å². The van der Waals surface area contributed by atoms with Gasteiger partial charge in [-0.05, 0) is 10.8 Å². The van der Waals surface area contributed by atoms with Crippen LogP contribution in [0.1, 0.15) is 18.6 Å². The Bertz CT molecular complexity index is 698. The summed E-state index contributed by atoms with van der Waals surface area (Å²) < 4.78 is 9.97. The molecule has 0 spiro atoms. The van der Waals surface area contributed by atoms with Crippen LogP contribution < -0.4 is 0 Å². The first-order valence-corrected chi connectivity index (χ1v) is 6.46. The summed E-state index contributed by atoms with van der Waals surface area (Å²) in [4.78, 5) is 23.1. The quantitative estimate of drug-likeness (QED) is 0.639. The Kier molecular flexibility index (Phi) is 4.38. The lowest BCUT2D eigenvalue weighted by Gasteiger charge is -2.20. The maximum atomic E-state index is 11.7. The lowest BCUT2D eigenvalue weighted by molar-refractivity contribution is -0.147. The van der Waals surface area contributed by atoms with Crippen LogP contribution in [0.25, 0.3) is 10.8 Å². The molecule has 0 fully saturated rings. The van der Waals surface area contributed by atoms with E-state index in [-0.39, 0.29) is 5.57 Å². The first-order chi connectivity index (χ1) is 10.0. The number of rotatable bonds is 4. The molecular weight excluding hydrogens is 268 g/mol. The standard InChI is InChI=1S/C17H16O4/c1-11(17(19)20-3)16(21-12(2)18)15-10-6-8-13-7-4-5-9-14(13)15/h4-10,16H,1H2,2-3H3. The highest BCUT2D eigenvalue weighted by Gasteiger charge is 2.25. The van der Waals surface area contributed by atoms with Crippen molar-refractivity contribution in [1.82, 2.24) is 0 Å². The van der Waals surface area contributed by atoms with Gasteiger partial charge >= 0.3 is 11.9 Å². The highest BCUT2D eigenvalue weighted by Crippen LogP contribution is 2.31. The summed E-state index contributed by atoms with van der Waals surface area (Å²) in [6.45, 7) is 5.00. The number of hydrogen-bond donors (Lipinski definition) is 0. The van der Waals surface area contributed by atoms with Crippen molar-refractivity contribution in [2.24, 2.45) is 0 Å². The predicted molar refractivity (Wildman–Crippen MR) is 79.6 cm³/mol. The SMILES string of the molecule is C=C(C(=O)OC)C(OC(C)=O)c1cccc2ccccc12. The molecule has 0 bridgehead atoms. The van der Waals surface area contributed by atoms with Gasteiger partial charge in [0, 0.05) is 12.5 Å². The van der Waals surface area contributed by atoms with Crippen molar-refractivity contribution >= 4 is 22.7 Å². The number of carbonyl (C=O) groups excluding carboxylic acids is 2. The molecule has 0 saturated heterocycles. The number of ether oxygens (including phenoxy) is 2. The topological polar surface area (TPSA) is 52.6 Å². The molecule has 2 aromatic rings. The van der Waals surface area contributed by atoms with Gasteiger partial charge in [0.2, 0.25) is 0 Å². The van der Waals surface area contributed by atoms with Crippen molar-refractivity contribution in [3.8, 4) is 0 Å². The minimum Gasteiger partial charge on any atom is -0.466 e.